The number of benzene rings is 2. The Morgan fingerprint density at radius 1 is 1.06 bits per heavy atom. The van der Waals surface area contributed by atoms with Gasteiger partial charge in [-0.15, -0.1) is 0 Å². The molecule has 1 fully saturated rings. The van der Waals surface area contributed by atoms with Gasteiger partial charge in [0.1, 0.15) is 17.5 Å². The molecule has 5 rings (SSSR count). The molecule has 9 heteroatoms. The Hall–Kier alpha value is -3.72. The van der Waals surface area contributed by atoms with Gasteiger partial charge in [-0.1, -0.05) is 12.1 Å². The molecule has 0 saturated carbocycles. The summed E-state index contributed by atoms with van der Waals surface area (Å²) in [5.41, 5.74) is 0.741. The normalized spacial score (nSPS) is 13.7. The van der Waals surface area contributed by atoms with Crippen molar-refractivity contribution >= 4 is 34.4 Å². The van der Waals surface area contributed by atoms with Crippen molar-refractivity contribution in [3.63, 3.8) is 0 Å². The molecule has 2 aromatic heterocycles. The number of rotatable bonds is 5. The fourth-order valence-electron chi connectivity index (χ4n) is 4.20. The number of carbonyl (C=O) groups is 1. The third-order valence-corrected chi connectivity index (χ3v) is 6.88. The van der Waals surface area contributed by atoms with E-state index in [1.54, 1.807) is 36.5 Å². The molecular weight excluding hydrogens is 470 g/mol. The van der Waals surface area contributed by atoms with Crippen LogP contribution in [-0.2, 0) is 6.54 Å². The van der Waals surface area contributed by atoms with Gasteiger partial charge in [-0.2, -0.15) is 11.8 Å². The highest BCUT2D eigenvalue weighted by atomic mass is 32.2. The summed E-state index contributed by atoms with van der Waals surface area (Å²) in [7, 11) is 0. The molecule has 0 spiro atoms. The Balaban J connectivity index is 1.50. The summed E-state index contributed by atoms with van der Waals surface area (Å²) in [5.74, 6) is 1.13. The topological polar surface area (TPSA) is 67.2 Å². The quantitative estimate of drug-likeness (QED) is 0.454. The van der Waals surface area contributed by atoms with Crippen LogP contribution in [0.3, 0.4) is 0 Å². The highest BCUT2D eigenvalue weighted by molar-refractivity contribution is 7.99. The molecule has 6 nitrogen and oxygen atoms in total. The standard InChI is InChI=1S/C26H22F2N4O2S/c27-18-7-8-19-23(14-18)32(22-6-2-1-5-21(22)28)16-17(24(19)33)15-30-26(34)20-4-3-9-29-25(20)31-10-12-35-13-11-31/h1-9,14,16H,10-13,15H2,(H,30,34). The first-order chi connectivity index (χ1) is 17.0. The number of para-hydroxylation sites is 1. The maximum atomic E-state index is 14.6. The third-order valence-electron chi connectivity index (χ3n) is 5.93. The lowest BCUT2D eigenvalue weighted by Crippen LogP contribution is -2.35. The van der Waals surface area contributed by atoms with Crippen molar-refractivity contribution in [1.29, 1.82) is 0 Å². The van der Waals surface area contributed by atoms with E-state index in [1.807, 2.05) is 11.8 Å². The molecule has 178 valence electrons. The van der Waals surface area contributed by atoms with Crippen molar-refractivity contribution in [1.82, 2.24) is 14.9 Å². The minimum absolute atomic E-state index is 0.0797. The van der Waals surface area contributed by atoms with Gasteiger partial charge in [-0.05, 0) is 42.5 Å². The van der Waals surface area contributed by atoms with Crippen LogP contribution in [0.5, 0.6) is 0 Å². The number of nitrogens with one attached hydrogen (secondary N) is 1. The molecule has 0 bridgehead atoms. The molecule has 1 aliphatic heterocycles. The molecule has 1 amide bonds. The van der Waals surface area contributed by atoms with Crippen LogP contribution < -0.4 is 15.6 Å². The summed E-state index contributed by atoms with van der Waals surface area (Å²) >= 11 is 1.86. The number of hydrogen-bond acceptors (Lipinski definition) is 5. The predicted molar refractivity (Wildman–Crippen MR) is 134 cm³/mol. The number of pyridine rings is 2. The second kappa shape index (κ2) is 9.87. The maximum Gasteiger partial charge on any atom is 0.255 e. The minimum atomic E-state index is -0.539. The molecule has 0 atom stereocenters. The molecule has 0 radical (unpaired) electrons. The Morgan fingerprint density at radius 3 is 2.66 bits per heavy atom. The number of fused-ring (bicyclic) bond motifs is 1. The van der Waals surface area contributed by atoms with Crippen molar-refractivity contribution in [2.45, 2.75) is 6.54 Å². The molecule has 3 heterocycles. The van der Waals surface area contributed by atoms with Gasteiger partial charge in [0, 0.05) is 54.5 Å². The van der Waals surface area contributed by atoms with E-state index in [0.29, 0.717) is 11.4 Å². The fraction of sp³-hybridized carbons (Fsp3) is 0.192. The van der Waals surface area contributed by atoms with Crippen LogP contribution in [-0.4, -0.2) is 40.1 Å². The SMILES string of the molecule is O=C(NCc1cn(-c2ccccc2F)c2cc(F)ccc2c1=O)c1cccnc1N1CCSCC1. The Kier molecular flexibility index (Phi) is 6.50. The molecule has 1 N–H and O–H groups in total. The van der Waals surface area contributed by atoms with Gasteiger partial charge in [-0.25, -0.2) is 13.8 Å². The molecule has 35 heavy (non-hydrogen) atoms. The highest BCUT2D eigenvalue weighted by Crippen LogP contribution is 2.23. The Labute approximate surface area is 204 Å². The second-order valence-corrected chi connectivity index (χ2v) is 9.35. The van der Waals surface area contributed by atoms with E-state index >= 15 is 0 Å². The number of carbonyl (C=O) groups excluding carboxylic acids is 1. The van der Waals surface area contributed by atoms with E-state index in [-0.39, 0.29) is 40.0 Å². The van der Waals surface area contributed by atoms with Gasteiger partial charge < -0.3 is 14.8 Å². The van der Waals surface area contributed by atoms with Crippen LogP contribution in [0.4, 0.5) is 14.6 Å². The van der Waals surface area contributed by atoms with Gasteiger partial charge in [-0.3, -0.25) is 9.59 Å². The number of thioether (sulfide) groups is 1. The van der Waals surface area contributed by atoms with E-state index in [0.717, 1.165) is 24.6 Å². The van der Waals surface area contributed by atoms with Crippen molar-refractivity contribution in [2.75, 3.05) is 29.5 Å². The zero-order valence-corrected chi connectivity index (χ0v) is 19.5. The molecule has 0 unspecified atom stereocenters. The van der Waals surface area contributed by atoms with Crippen LogP contribution in [0.1, 0.15) is 15.9 Å². The number of hydrogen-bond donors (Lipinski definition) is 1. The summed E-state index contributed by atoms with van der Waals surface area (Å²) in [4.78, 5) is 32.8. The number of aromatic nitrogens is 2. The lowest BCUT2D eigenvalue weighted by atomic mass is 10.1. The average Bonchev–Trinajstić information content (AvgIpc) is 2.89. The second-order valence-electron chi connectivity index (χ2n) is 8.12. The van der Waals surface area contributed by atoms with Crippen LogP contribution >= 0.6 is 11.8 Å². The summed E-state index contributed by atoms with van der Waals surface area (Å²) in [5, 5.41) is 3.04. The maximum absolute atomic E-state index is 14.6. The predicted octanol–water partition coefficient (Wildman–Crippen LogP) is 4.15. The van der Waals surface area contributed by atoms with Gasteiger partial charge in [0.2, 0.25) is 0 Å². The van der Waals surface area contributed by atoms with Gasteiger partial charge in [0.15, 0.2) is 5.43 Å². The Bertz CT molecular complexity index is 1470. The monoisotopic (exact) mass is 492 g/mol. The molecule has 4 aromatic rings. The fourth-order valence-corrected chi connectivity index (χ4v) is 5.10. The number of halogens is 2. The van der Waals surface area contributed by atoms with Gasteiger partial charge in [0.05, 0.1) is 16.8 Å². The van der Waals surface area contributed by atoms with E-state index < -0.39 is 11.6 Å². The summed E-state index contributed by atoms with van der Waals surface area (Å²) in [6.07, 6.45) is 3.11. The molecular formula is C26H22F2N4O2S. The summed E-state index contributed by atoms with van der Waals surface area (Å²) < 4.78 is 30.1. The zero-order chi connectivity index (χ0) is 24.4. The van der Waals surface area contributed by atoms with Crippen molar-refractivity contribution < 1.29 is 13.6 Å². The molecule has 2 aromatic carbocycles. The summed E-state index contributed by atoms with van der Waals surface area (Å²) in [6, 6.07) is 13.2. The zero-order valence-electron chi connectivity index (χ0n) is 18.7. The van der Waals surface area contributed by atoms with Crippen LogP contribution in [0.25, 0.3) is 16.6 Å². The van der Waals surface area contributed by atoms with Crippen LogP contribution in [0.15, 0.2) is 71.8 Å². The van der Waals surface area contributed by atoms with Crippen molar-refractivity contribution in [2.24, 2.45) is 0 Å². The van der Waals surface area contributed by atoms with E-state index in [1.165, 1.54) is 35.0 Å². The van der Waals surface area contributed by atoms with E-state index in [4.69, 9.17) is 0 Å². The van der Waals surface area contributed by atoms with Crippen LogP contribution in [0, 0.1) is 11.6 Å². The first kappa shape index (κ1) is 23.0. The smallest absolute Gasteiger partial charge is 0.255 e. The highest BCUT2D eigenvalue weighted by Gasteiger charge is 2.20. The average molecular weight is 493 g/mol. The minimum Gasteiger partial charge on any atom is -0.354 e. The Morgan fingerprint density at radius 2 is 1.86 bits per heavy atom. The van der Waals surface area contributed by atoms with Crippen molar-refractivity contribution in [3.8, 4) is 5.69 Å². The summed E-state index contributed by atoms with van der Waals surface area (Å²) in [6.45, 7) is 1.52. The lowest BCUT2D eigenvalue weighted by Gasteiger charge is -2.28. The van der Waals surface area contributed by atoms with E-state index in [9.17, 15) is 18.4 Å². The number of nitrogens with zero attached hydrogens (tertiary/aromatic N) is 3. The number of anilines is 1. The molecule has 1 saturated heterocycles. The first-order valence-corrected chi connectivity index (χ1v) is 12.3. The lowest BCUT2D eigenvalue weighted by molar-refractivity contribution is 0.0951. The van der Waals surface area contributed by atoms with Gasteiger partial charge >= 0.3 is 0 Å². The van der Waals surface area contributed by atoms with E-state index in [2.05, 4.69) is 15.2 Å². The first-order valence-electron chi connectivity index (χ1n) is 11.2. The van der Waals surface area contributed by atoms with Crippen LogP contribution in [0.2, 0.25) is 0 Å². The van der Waals surface area contributed by atoms with Gasteiger partial charge in [0.25, 0.3) is 5.91 Å². The molecule has 0 aliphatic carbocycles. The third kappa shape index (κ3) is 4.64. The molecule has 1 aliphatic rings. The number of amides is 1. The largest absolute Gasteiger partial charge is 0.354 e. The van der Waals surface area contributed by atoms with Crippen molar-refractivity contribution in [3.05, 3.63) is 100.0 Å².